The van der Waals surface area contributed by atoms with Gasteiger partial charge >= 0.3 is 6.03 Å². The molecule has 2 aliphatic heterocycles. The molecule has 0 bridgehead atoms. The summed E-state index contributed by atoms with van der Waals surface area (Å²) in [6, 6.07) is 4.17. The van der Waals surface area contributed by atoms with E-state index in [2.05, 4.69) is 22.1 Å². The van der Waals surface area contributed by atoms with Gasteiger partial charge in [-0.15, -0.1) is 0 Å². The molecule has 0 aromatic carbocycles. The molecule has 1 aromatic heterocycles. The van der Waals surface area contributed by atoms with E-state index in [9.17, 15) is 4.79 Å². The van der Waals surface area contributed by atoms with Crippen molar-refractivity contribution < 1.29 is 4.79 Å². The third-order valence-corrected chi connectivity index (χ3v) is 5.01. The molecule has 5 heteroatoms. The first-order valence-corrected chi connectivity index (χ1v) is 8.87. The molecule has 2 saturated heterocycles. The number of urea groups is 1. The van der Waals surface area contributed by atoms with Crippen molar-refractivity contribution in [3.8, 4) is 0 Å². The molecular formula is C18H28N4O. The Hall–Kier alpha value is -1.62. The average molecular weight is 316 g/mol. The van der Waals surface area contributed by atoms with Crippen molar-refractivity contribution in [3.05, 3.63) is 30.1 Å². The van der Waals surface area contributed by atoms with Crippen molar-refractivity contribution in [2.75, 3.05) is 39.3 Å². The van der Waals surface area contributed by atoms with Crippen LogP contribution in [0.2, 0.25) is 0 Å². The molecule has 3 heterocycles. The normalized spacial score (nSPS) is 22.7. The Morgan fingerprint density at radius 3 is 2.83 bits per heavy atom. The van der Waals surface area contributed by atoms with Gasteiger partial charge < -0.3 is 15.1 Å². The number of pyridine rings is 1. The lowest BCUT2D eigenvalue weighted by Gasteiger charge is -2.39. The molecule has 1 atom stereocenters. The van der Waals surface area contributed by atoms with Gasteiger partial charge in [0, 0.05) is 44.5 Å². The third-order valence-electron chi connectivity index (χ3n) is 5.01. The number of nitrogens with one attached hydrogen (secondary N) is 1. The zero-order chi connectivity index (χ0) is 16.1. The van der Waals surface area contributed by atoms with Gasteiger partial charge in [0.25, 0.3) is 0 Å². The topological polar surface area (TPSA) is 48.5 Å². The highest BCUT2D eigenvalue weighted by atomic mass is 16.2. The monoisotopic (exact) mass is 316 g/mol. The second-order valence-electron chi connectivity index (χ2n) is 7.02. The number of hydrogen-bond donors (Lipinski definition) is 1. The van der Waals surface area contributed by atoms with E-state index < -0.39 is 0 Å². The zero-order valence-electron chi connectivity index (χ0n) is 14.1. The minimum absolute atomic E-state index is 0.0855. The van der Waals surface area contributed by atoms with Crippen molar-refractivity contribution in [2.24, 2.45) is 5.92 Å². The van der Waals surface area contributed by atoms with Crippen molar-refractivity contribution in [3.63, 3.8) is 0 Å². The van der Waals surface area contributed by atoms with Crippen LogP contribution in [0.1, 0.15) is 37.7 Å². The van der Waals surface area contributed by atoms with Crippen LogP contribution in [0.4, 0.5) is 4.79 Å². The molecule has 23 heavy (non-hydrogen) atoms. The molecule has 3 rings (SSSR count). The van der Waals surface area contributed by atoms with Crippen molar-refractivity contribution in [1.82, 2.24) is 20.1 Å². The van der Waals surface area contributed by atoms with Crippen LogP contribution < -0.4 is 5.32 Å². The van der Waals surface area contributed by atoms with Crippen molar-refractivity contribution in [1.29, 1.82) is 0 Å². The molecule has 0 unspecified atom stereocenters. The predicted octanol–water partition coefficient (Wildman–Crippen LogP) is 2.31. The summed E-state index contributed by atoms with van der Waals surface area (Å²) in [5.74, 6) is 1.29. The van der Waals surface area contributed by atoms with Gasteiger partial charge in [0.2, 0.25) is 0 Å². The van der Waals surface area contributed by atoms with E-state index in [4.69, 9.17) is 0 Å². The quantitative estimate of drug-likeness (QED) is 0.848. The zero-order valence-corrected chi connectivity index (χ0v) is 14.1. The fraction of sp³-hybridized carbons (Fsp3) is 0.667. The van der Waals surface area contributed by atoms with Gasteiger partial charge in [-0.05, 0) is 56.0 Å². The number of amides is 2. The maximum atomic E-state index is 12.1. The molecule has 0 aliphatic carbocycles. The van der Waals surface area contributed by atoms with E-state index in [0.29, 0.717) is 5.92 Å². The molecule has 0 spiro atoms. The summed E-state index contributed by atoms with van der Waals surface area (Å²) in [5, 5.41) is 3.06. The number of carbonyl (C=O) groups excluding carboxylic acids is 1. The van der Waals surface area contributed by atoms with Crippen LogP contribution in [0.25, 0.3) is 0 Å². The summed E-state index contributed by atoms with van der Waals surface area (Å²) in [6.45, 7) is 8.28. The van der Waals surface area contributed by atoms with E-state index >= 15 is 0 Å². The summed E-state index contributed by atoms with van der Waals surface area (Å²) in [7, 11) is 0. The van der Waals surface area contributed by atoms with Crippen LogP contribution in [0.3, 0.4) is 0 Å². The van der Waals surface area contributed by atoms with Gasteiger partial charge in [-0.3, -0.25) is 4.98 Å². The van der Waals surface area contributed by atoms with Gasteiger partial charge in [0.05, 0.1) is 0 Å². The Bertz CT molecular complexity index is 501. The molecule has 1 aromatic rings. The number of carbonyl (C=O) groups is 1. The van der Waals surface area contributed by atoms with E-state index in [1.807, 2.05) is 29.4 Å². The highest BCUT2D eigenvalue weighted by Crippen LogP contribution is 2.26. The molecule has 0 saturated carbocycles. The summed E-state index contributed by atoms with van der Waals surface area (Å²) in [5.41, 5.74) is 1.28. The van der Waals surface area contributed by atoms with Crippen LogP contribution in [-0.4, -0.2) is 60.1 Å². The highest BCUT2D eigenvalue weighted by molar-refractivity contribution is 5.75. The Labute approximate surface area is 139 Å². The average Bonchev–Trinajstić information content (AvgIpc) is 2.51. The van der Waals surface area contributed by atoms with Gasteiger partial charge in [-0.1, -0.05) is 6.92 Å². The lowest BCUT2D eigenvalue weighted by Crippen LogP contribution is -2.52. The van der Waals surface area contributed by atoms with Crippen LogP contribution in [0.5, 0.6) is 0 Å². The summed E-state index contributed by atoms with van der Waals surface area (Å²) in [6.07, 6.45) is 7.36. The van der Waals surface area contributed by atoms with Gasteiger partial charge in [-0.25, -0.2) is 4.79 Å². The minimum Gasteiger partial charge on any atom is -0.338 e. The number of likely N-dealkylation sites (tertiary alicyclic amines) is 2. The summed E-state index contributed by atoms with van der Waals surface area (Å²) < 4.78 is 0. The standard InChI is InChI=1S/C18H28N4O/c1-15-4-2-10-21(12-15)11-3-7-20-18(23)22-13-17(14-22)16-5-8-19-9-6-16/h5-6,8-9,15,17H,2-4,7,10-14H2,1H3,(H,20,23)/t15-/m1/s1. The maximum absolute atomic E-state index is 12.1. The van der Waals surface area contributed by atoms with E-state index in [-0.39, 0.29) is 6.03 Å². The van der Waals surface area contributed by atoms with Crippen LogP contribution in [-0.2, 0) is 0 Å². The first-order chi connectivity index (χ1) is 11.2. The van der Waals surface area contributed by atoms with Crippen LogP contribution in [0.15, 0.2) is 24.5 Å². The van der Waals surface area contributed by atoms with Crippen LogP contribution >= 0.6 is 0 Å². The third kappa shape index (κ3) is 4.44. The smallest absolute Gasteiger partial charge is 0.317 e. The molecule has 5 nitrogen and oxygen atoms in total. The molecule has 2 amide bonds. The fourth-order valence-corrected chi connectivity index (χ4v) is 3.59. The second-order valence-corrected chi connectivity index (χ2v) is 7.02. The maximum Gasteiger partial charge on any atom is 0.317 e. The first kappa shape index (κ1) is 16.2. The number of rotatable bonds is 5. The Morgan fingerprint density at radius 1 is 1.30 bits per heavy atom. The van der Waals surface area contributed by atoms with Crippen LogP contribution in [0, 0.1) is 5.92 Å². The van der Waals surface area contributed by atoms with Crippen molar-refractivity contribution in [2.45, 2.75) is 32.1 Å². The predicted molar refractivity (Wildman–Crippen MR) is 91.4 cm³/mol. The Kier molecular flexibility index (Phi) is 5.49. The second kappa shape index (κ2) is 7.77. The van der Waals surface area contributed by atoms with Gasteiger partial charge in [0.1, 0.15) is 0 Å². The van der Waals surface area contributed by atoms with Gasteiger partial charge in [0.15, 0.2) is 0 Å². The van der Waals surface area contributed by atoms with E-state index in [0.717, 1.165) is 38.5 Å². The highest BCUT2D eigenvalue weighted by Gasteiger charge is 2.31. The Morgan fingerprint density at radius 2 is 2.09 bits per heavy atom. The lowest BCUT2D eigenvalue weighted by atomic mass is 9.93. The molecule has 126 valence electrons. The minimum atomic E-state index is 0.0855. The number of piperidine rings is 1. The summed E-state index contributed by atoms with van der Waals surface area (Å²) >= 11 is 0. The SMILES string of the molecule is C[C@@H]1CCCN(CCCNC(=O)N2CC(c3ccncc3)C2)C1. The molecular weight excluding hydrogens is 288 g/mol. The van der Waals surface area contributed by atoms with Gasteiger partial charge in [-0.2, -0.15) is 0 Å². The summed E-state index contributed by atoms with van der Waals surface area (Å²) in [4.78, 5) is 20.6. The Balaban J connectivity index is 1.29. The van der Waals surface area contributed by atoms with E-state index in [1.165, 1.54) is 31.5 Å². The molecule has 2 aliphatic rings. The molecule has 0 radical (unpaired) electrons. The van der Waals surface area contributed by atoms with Crippen molar-refractivity contribution >= 4 is 6.03 Å². The fourth-order valence-electron chi connectivity index (χ4n) is 3.59. The number of aromatic nitrogens is 1. The molecule has 1 N–H and O–H groups in total. The largest absolute Gasteiger partial charge is 0.338 e. The molecule has 2 fully saturated rings. The number of nitrogens with zero attached hydrogens (tertiary/aromatic N) is 3. The lowest BCUT2D eigenvalue weighted by molar-refractivity contribution is 0.149. The first-order valence-electron chi connectivity index (χ1n) is 8.87. The van der Waals surface area contributed by atoms with E-state index in [1.54, 1.807) is 0 Å². The number of hydrogen-bond acceptors (Lipinski definition) is 3.